The van der Waals surface area contributed by atoms with Gasteiger partial charge in [0.2, 0.25) is 11.5 Å². The maximum absolute atomic E-state index is 12.4. The SMILES string of the molecule is CCCC(O)CCN(CCO)C(=O)CCCOc1ccc2[nH]c(=O)ccc2c1. The van der Waals surface area contributed by atoms with Gasteiger partial charge in [-0.05, 0) is 43.5 Å². The van der Waals surface area contributed by atoms with E-state index < -0.39 is 6.10 Å². The third kappa shape index (κ3) is 6.98. The first-order valence-corrected chi connectivity index (χ1v) is 9.86. The Labute approximate surface area is 164 Å². The number of aliphatic hydroxyl groups excluding tert-OH is 2. The number of hydrogen-bond acceptors (Lipinski definition) is 5. The van der Waals surface area contributed by atoms with Gasteiger partial charge < -0.3 is 24.8 Å². The van der Waals surface area contributed by atoms with Gasteiger partial charge in [0, 0.05) is 36.5 Å². The zero-order valence-corrected chi connectivity index (χ0v) is 16.4. The number of H-pyrrole nitrogens is 1. The smallest absolute Gasteiger partial charge is 0.248 e. The fourth-order valence-electron chi connectivity index (χ4n) is 3.06. The fourth-order valence-corrected chi connectivity index (χ4v) is 3.06. The van der Waals surface area contributed by atoms with E-state index in [1.165, 1.54) is 6.07 Å². The summed E-state index contributed by atoms with van der Waals surface area (Å²) in [5, 5.41) is 19.9. The van der Waals surface area contributed by atoms with Gasteiger partial charge in [0.15, 0.2) is 0 Å². The number of aliphatic hydroxyl groups is 2. The first kappa shape index (κ1) is 21.9. The summed E-state index contributed by atoms with van der Waals surface area (Å²) in [5.74, 6) is 0.638. The van der Waals surface area contributed by atoms with Crippen molar-refractivity contribution in [2.45, 2.75) is 45.1 Å². The maximum atomic E-state index is 12.4. The monoisotopic (exact) mass is 390 g/mol. The van der Waals surface area contributed by atoms with Gasteiger partial charge in [-0.1, -0.05) is 13.3 Å². The number of pyridine rings is 1. The molecule has 2 aromatic rings. The molecule has 3 N–H and O–H groups in total. The number of aromatic nitrogens is 1. The molecule has 1 aromatic heterocycles. The van der Waals surface area contributed by atoms with Crippen molar-refractivity contribution in [3.05, 3.63) is 40.7 Å². The Morgan fingerprint density at radius 3 is 2.79 bits per heavy atom. The van der Waals surface area contributed by atoms with Crippen LogP contribution < -0.4 is 10.3 Å². The van der Waals surface area contributed by atoms with Crippen LogP contribution in [0, 0.1) is 0 Å². The van der Waals surface area contributed by atoms with E-state index in [2.05, 4.69) is 4.98 Å². The second-order valence-electron chi connectivity index (χ2n) is 6.86. The molecule has 0 aliphatic rings. The molecule has 0 saturated heterocycles. The predicted octanol–water partition coefficient (Wildman–Crippen LogP) is 2.06. The Hall–Kier alpha value is -2.38. The molecule has 1 aromatic carbocycles. The summed E-state index contributed by atoms with van der Waals surface area (Å²) >= 11 is 0. The number of carbonyl (C=O) groups excluding carboxylic acids is 1. The van der Waals surface area contributed by atoms with Crippen molar-refractivity contribution >= 4 is 16.8 Å². The largest absolute Gasteiger partial charge is 0.494 e. The van der Waals surface area contributed by atoms with Crippen LogP contribution in [-0.4, -0.2) is 58.4 Å². The average molecular weight is 390 g/mol. The molecule has 7 nitrogen and oxygen atoms in total. The van der Waals surface area contributed by atoms with E-state index in [9.17, 15) is 19.8 Å². The predicted molar refractivity (Wildman–Crippen MR) is 108 cm³/mol. The molecule has 7 heteroatoms. The summed E-state index contributed by atoms with van der Waals surface area (Å²) in [6.45, 7) is 3.04. The third-order valence-electron chi connectivity index (χ3n) is 4.58. The number of amides is 1. The number of ether oxygens (including phenoxy) is 1. The summed E-state index contributed by atoms with van der Waals surface area (Å²) in [6, 6.07) is 8.64. The average Bonchev–Trinajstić information content (AvgIpc) is 2.68. The van der Waals surface area contributed by atoms with E-state index >= 15 is 0 Å². The Balaban J connectivity index is 1.78. The van der Waals surface area contributed by atoms with E-state index in [1.54, 1.807) is 23.1 Å². The first-order chi connectivity index (χ1) is 13.5. The van der Waals surface area contributed by atoms with Crippen molar-refractivity contribution in [2.75, 3.05) is 26.3 Å². The van der Waals surface area contributed by atoms with Gasteiger partial charge >= 0.3 is 0 Å². The van der Waals surface area contributed by atoms with Crippen LogP contribution in [0.5, 0.6) is 5.75 Å². The minimum absolute atomic E-state index is 0.0440. The summed E-state index contributed by atoms with van der Waals surface area (Å²) in [6.07, 6.45) is 2.61. The first-order valence-electron chi connectivity index (χ1n) is 9.86. The second-order valence-corrected chi connectivity index (χ2v) is 6.86. The Morgan fingerprint density at radius 2 is 2.04 bits per heavy atom. The lowest BCUT2D eigenvalue weighted by atomic mass is 10.1. The number of aromatic amines is 1. The quantitative estimate of drug-likeness (QED) is 0.482. The van der Waals surface area contributed by atoms with Crippen molar-refractivity contribution in [3.8, 4) is 5.75 Å². The fraction of sp³-hybridized carbons (Fsp3) is 0.524. The number of rotatable bonds is 12. The highest BCUT2D eigenvalue weighted by Gasteiger charge is 2.14. The molecular weight excluding hydrogens is 360 g/mol. The number of nitrogens with zero attached hydrogens (tertiary/aromatic N) is 1. The van der Waals surface area contributed by atoms with Crippen molar-refractivity contribution in [1.82, 2.24) is 9.88 Å². The number of benzene rings is 1. The van der Waals surface area contributed by atoms with Gasteiger partial charge in [0.1, 0.15) is 5.75 Å². The van der Waals surface area contributed by atoms with Crippen molar-refractivity contribution in [2.24, 2.45) is 0 Å². The normalized spacial score (nSPS) is 12.1. The molecule has 0 fully saturated rings. The molecule has 28 heavy (non-hydrogen) atoms. The minimum atomic E-state index is -0.412. The van der Waals surface area contributed by atoms with Crippen molar-refractivity contribution < 1.29 is 19.7 Å². The van der Waals surface area contributed by atoms with E-state index in [4.69, 9.17) is 4.74 Å². The Bertz CT molecular complexity index is 805. The summed E-state index contributed by atoms with van der Waals surface area (Å²) in [5.41, 5.74) is 0.606. The van der Waals surface area contributed by atoms with Crippen LogP contribution in [0.4, 0.5) is 0 Å². The van der Waals surface area contributed by atoms with Gasteiger partial charge in [-0.2, -0.15) is 0 Å². The number of fused-ring (bicyclic) bond motifs is 1. The topological polar surface area (TPSA) is 103 Å². The van der Waals surface area contributed by atoms with Gasteiger partial charge in [-0.3, -0.25) is 9.59 Å². The van der Waals surface area contributed by atoms with Crippen LogP contribution in [0.2, 0.25) is 0 Å². The molecule has 1 atom stereocenters. The van der Waals surface area contributed by atoms with Gasteiger partial charge in [0.25, 0.3) is 0 Å². The molecule has 0 spiro atoms. The van der Waals surface area contributed by atoms with Gasteiger partial charge in [0.05, 0.1) is 19.3 Å². The Kier molecular flexibility index (Phi) is 8.97. The van der Waals surface area contributed by atoms with Crippen LogP contribution in [0.25, 0.3) is 10.9 Å². The third-order valence-corrected chi connectivity index (χ3v) is 4.58. The zero-order valence-electron chi connectivity index (χ0n) is 16.4. The maximum Gasteiger partial charge on any atom is 0.248 e. The molecule has 1 unspecified atom stereocenters. The zero-order chi connectivity index (χ0) is 20.4. The van der Waals surface area contributed by atoms with E-state index in [0.29, 0.717) is 44.6 Å². The van der Waals surface area contributed by atoms with Crippen LogP contribution in [-0.2, 0) is 4.79 Å². The molecule has 0 saturated carbocycles. The van der Waals surface area contributed by atoms with Crippen LogP contribution in [0.1, 0.15) is 39.0 Å². The molecule has 0 radical (unpaired) electrons. The highest BCUT2D eigenvalue weighted by molar-refractivity contribution is 5.79. The highest BCUT2D eigenvalue weighted by Crippen LogP contribution is 2.18. The standard InChI is InChI=1S/C21H30N2O5/c1-2-4-17(25)10-11-23(12-13-24)21(27)5-3-14-28-18-7-8-19-16(15-18)6-9-20(26)22-19/h6-9,15,17,24-25H,2-5,10-14H2,1H3,(H,22,26). The number of hydrogen-bond donors (Lipinski definition) is 3. The van der Waals surface area contributed by atoms with E-state index in [0.717, 1.165) is 17.3 Å². The Morgan fingerprint density at radius 1 is 1.21 bits per heavy atom. The minimum Gasteiger partial charge on any atom is -0.494 e. The van der Waals surface area contributed by atoms with Crippen LogP contribution in [0.15, 0.2) is 35.1 Å². The molecular formula is C21H30N2O5. The molecule has 1 heterocycles. The highest BCUT2D eigenvalue weighted by atomic mass is 16.5. The van der Waals surface area contributed by atoms with Crippen molar-refractivity contribution in [1.29, 1.82) is 0 Å². The lowest BCUT2D eigenvalue weighted by Crippen LogP contribution is -2.36. The number of carbonyl (C=O) groups is 1. The van der Waals surface area contributed by atoms with Gasteiger partial charge in [-0.25, -0.2) is 0 Å². The molecule has 0 aliphatic heterocycles. The van der Waals surface area contributed by atoms with Crippen LogP contribution in [0.3, 0.4) is 0 Å². The lowest BCUT2D eigenvalue weighted by Gasteiger charge is -2.23. The molecule has 2 rings (SSSR count). The van der Waals surface area contributed by atoms with E-state index in [-0.39, 0.29) is 24.6 Å². The van der Waals surface area contributed by atoms with Crippen molar-refractivity contribution in [3.63, 3.8) is 0 Å². The van der Waals surface area contributed by atoms with Gasteiger partial charge in [-0.15, -0.1) is 0 Å². The molecule has 154 valence electrons. The summed E-state index contributed by atoms with van der Waals surface area (Å²) in [4.78, 5) is 28.0. The summed E-state index contributed by atoms with van der Waals surface area (Å²) in [7, 11) is 0. The number of nitrogens with one attached hydrogen (secondary N) is 1. The molecule has 1 amide bonds. The molecule has 0 aliphatic carbocycles. The van der Waals surface area contributed by atoms with E-state index in [1.807, 2.05) is 13.0 Å². The lowest BCUT2D eigenvalue weighted by molar-refractivity contribution is -0.132. The second kappa shape index (κ2) is 11.5. The summed E-state index contributed by atoms with van der Waals surface area (Å²) < 4.78 is 5.71. The van der Waals surface area contributed by atoms with Crippen LogP contribution >= 0.6 is 0 Å². The molecule has 0 bridgehead atoms.